The second-order valence-corrected chi connectivity index (χ2v) is 9.63. The van der Waals surface area contributed by atoms with Crippen LogP contribution in [0.1, 0.15) is 45.9 Å². The van der Waals surface area contributed by atoms with Crippen LogP contribution in [-0.2, 0) is 20.5 Å². The molecule has 1 atom stereocenters. The molecule has 0 aliphatic carbocycles. The first-order valence-electron chi connectivity index (χ1n) is 10.7. The number of aromatic nitrogens is 1. The number of amides is 2. The zero-order chi connectivity index (χ0) is 23.3. The van der Waals surface area contributed by atoms with E-state index in [9.17, 15) is 9.59 Å². The highest BCUT2D eigenvalue weighted by Crippen LogP contribution is 2.57. The largest absolute Gasteiger partial charge is 0.443 e. The van der Waals surface area contributed by atoms with E-state index in [0.717, 1.165) is 16.3 Å². The molecule has 1 aliphatic rings. The number of ether oxygens (including phenoxy) is 1. The SMILES string of the molecule is CNC(=O)C1(c2nccc3ccccc23)N(C(=O)OC(C)(C)C)c2ccccc2C1(C)C. The zero-order valence-corrected chi connectivity index (χ0v) is 19.4. The Morgan fingerprint density at radius 2 is 1.66 bits per heavy atom. The predicted molar refractivity (Wildman–Crippen MR) is 126 cm³/mol. The third-order valence-electron chi connectivity index (χ3n) is 6.21. The van der Waals surface area contributed by atoms with Gasteiger partial charge in [0.1, 0.15) is 5.60 Å². The van der Waals surface area contributed by atoms with Crippen molar-refractivity contribution in [3.63, 3.8) is 0 Å². The lowest BCUT2D eigenvalue weighted by molar-refractivity contribution is -0.128. The molecule has 6 nitrogen and oxygen atoms in total. The average Bonchev–Trinajstić information content (AvgIpc) is 2.96. The molecule has 4 rings (SSSR count). The number of carbonyl (C=O) groups is 2. The molecule has 1 N–H and O–H groups in total. The molecule has 0 spiro atoms. The van der Waals surface area contributed by atoms with Gasteiger partial charge in [-0.05, 0) is 43.9 Å². The van der Waals surface area contributed by atoms with E-state index >= 15 is 0 Å². The van der Waals surface area contributed by atoms with Crippen molar-refractivity contribution in [2.45, 2.75) is 51.2 Å². The molecule has 0 saturated heterocycles. The molecule has 1 aromatic heterocycles. The normalized spacial score (nSPS) is 19.5. The average molecular weight is 432 g/mol. The Kier molecular flexibility index (Phi) is 4.99. The van der Waals surface area contributed by atoms with Gasteiger partial charge in [-0.25, -0.2) is 4.79 Å². The minimum Gasteiger partial charge on any atom is -0.443 e. The molecule has 1 aliphatic heterocycles. The van der Waals surface area contributed by atoms with Gasteiger partial charge in [0.2, 0.25) is 0 Å². The summed E-state index contributed by atoms with van der Waals surface area (Å²) in [5.41, 5.74) is -0.970. The first-order chi connectivity index (χ1) is 15.1. The van der Waals surface area contributed by atoms with Crippen LogP contribution in [-0.4, -0.2) is 29.6 Å². The molecule has 6 heteroatoms. The number of pyridine rings is 1. The summed E-state index contributed by atoms with van der Waals surface area (Å²) < 4.78 is 5.83. The highest BCUT2D eigenvalue weighted by atomic mass is 16.6. The van der Waals surface area contributed by atoms with Gasteiger partial charge in [0.25, 0.3) is 5.91 Å². The number of nitrogens with one attached hydrogen (secondary N) is 1. The van der Waals surface area contributed by atoms with E-state index in [1.165, 1.54) is 4.90 Å². The number of likely N-dealkylation sites (N-methyl/N-ethyl adjacent to an activating group) is 1. The Morgan fingerprint density at radius 1 is 1.00 bits per heavy atom. The second kappa shape index (κ2) is 7.33. The Hall–Kier alpha value is -3.41. The van der Waals surface area contributed by atoms with Crippen molar-refractivity contribution in [3.05, 3.63) is 72.1 Å². The summed E-state index contributed by atoms with van der Waals surface area (Å²) >= 11 is 0. The fourth-order valence-electron chi connectivity index (χ4n) is 4.88. The number of rotatable bonds is 2. The molecule has 3 aromatic rings. The molecule has 0 saturated carbocycles. The fourth-order valence-corrected chi connectivity index (χ4v) is 4.88. The lowest BCUT2D eigenvalue weighted by Crippen LogP contribution is -2.64. The van der Waals surface area contributed by atoms with Gasteiger partial charge in [-0.3, -0.25) is 14.7 Å². The minimum absolute atomic E-state index is 0.326. The monoisotopic (exact) mass is 431 g/mol. The van der Waals surface area contributed by atoms with Crippen molar-refractivity contribution < 1.29 is 14.3 Å². The molecule has 0 radical (unpaired) electrons. The molecule has 1 unspecified atom stereocenters. The van der Waals surface area contributed by atoms with E-state index < -0.39 is 22.6 Å². The summed E-state index contributed by atoms with van der Waals surface area (Å²) in [6, 6.07) is 17.3. The van der Waals surface area contributed by atoms with Crippen molar-refractivity contribution in [2.75, 3.05) is 11.9 Å². The van der Waals surface area contributed by atoms with E-state index in [2.05, 4.69) is 5.32 Å². The molecular weight excluding hydrogens is 402 g/mol. The number of hydrogen-bond donors (Lipinski definition) is 1. The van der Waals surface area contributed by atoms with Crippen molar-refractivity contribution in [1.29, 1.82) is 0 Å². The second-order valence-electron chi connectivity index (χ2n) is 9.63. The van der Waals surface area contributed by atoms with E-state index in [1.54, 1.807) is 13.2 Å². The van der Waals surface area contributed by atoms with Gasteiger partial charge >= 0.3 is 6.09 Å². The van der Waals surface area contributed by atoms with Crippen LogP contribution in [0.2, 0.25) is 0 Å². The summed E-state index contributed by atoms with van der Waals surface area (Å²) in [5.74, 6) is -0.326. The lowest BCUT2D eigenvalue weighted by atomic mass is 9.67. The van der Waals surface area contributed by atoms with Gasteiger partial charge in [0.05, 0.1) is 11.4 Å². The topological polar surface area (TPSA) is 71.5 Å². The van der Waals surface area contributed by atoms with Gasteiger partial charge in [-0.15, -0.1) is 0 Å². The number of fused-ring (bicyclic) bond motifs is 2. The van der Waals surface area contributed by atoms with Crippen molar-refractivity contribution in [3.8, 4) is 0 Å². The fraction of sp³-hybridized carbons (Fsp3) is 0.346. The Morgan fingerprint density at radius 3 is 2.34 bits per heavy atom. The van der Waals surface area contributed by atoms with E-state index in [4.69, 9.17) is 9.72 Å². The number of carbonyl (C=O) groups excluding carboxylic acids is 2. The van der Waals surface area contributed by atoms with Gasteiger partial charge in [-0.2, -0.15) is 0 Å². The maximum atomic E-state index is 13.9. The molecule has 32 heavy (non-hydrogen) atoms. The summed E-state index contributed by atoms with van der Waals surface area (Å²) in [6.45, 7) is 9.41. The lowest BCUT2D eigenvalue weighted by Gasteiger charge is -2.44. The van der Waals surface area contributed by atoms with Gasteiger partial charge in [0.15, 0.2) is 5.54 Å². The third-order valence-corrected chi connectivity index (χ3v) is 6.21. The Balaban J connectivity index is 2.13. The van der Waals surface area contributed by atoms with Crippen LogP contribution >= 0.6 is 0 Å². The first kappa shape index (κ1) is 21.8. The number of benzene rings is 2. The highest BCUT2D eigenvalue weighted by Gasteiger charge is 2.66. The number of hydrogen-bond acceptors (Lipinski definition) is 4. The predicted octanol–water partition coefficient (Wildman–Crippen LogP) is 4.91. The van der Waals surface area contributed by atoms with Gasteiger partial charge in [0, 0.05) is 24.0 Å². The standard InChI is InChI=1S/C26H29N3O3/c1-24(2,3)32-23(31)29-20-14-10-9-13-19(20)25(4,5)26(29,22(30)27-6)21-18-12-8-7-11-17(18)15-16-28-21/h7-16H,1-6H3,(H,27,30). The maximum absolute atomic E-state index is 13.9. The van der Waals surface area contributed by atoms with E-state index in [-0.39, 0.29) is 5.91 Å². The summed E-state index contributed by atoms with van der Waals surface area (Å²) in [4.78, 5) is 33.9. The van der Waals surface area contributed by atoms with Crippen molar-refractivity contribution in [2.24, 2.45) is 0 Å². The minimum atomic E-state index is -1.46. The van der Waals surface area contributed by atoms with Crippen LogP contribution in [0.15, 0.2) is 60.8 Å². The quantitative estimate of drug-likeness (QED) is 0.626. The number of para-hydroxylation sites is 1. The molecular formula is C26H29N3O3. The molecule has 2 amide bonds. The van der Waals surface area contributed by atoms with Gasteiger partial charge < -0.3 is 10.1 Å². The number of nitrogens with zero attached hydrogens (tertiary/aromatic N) is 2. The molecule has 0 fully saturated rings. The summed E-state index contributed by atoms with van der Waals surface area (Å²) in [5, 5.41) is 4.58. The van der Waals surface area contributed by atoms with Crippen molar-refractivity contribution in [1.82, 2.24) is 10.3 Å². The molecule has 2 heterocycles. The van der Waals surface area contributed by atoms with Crippen molar-refractivity contribution >= 4 is 28.5 Å². The zero-order valence-electron chi connectivity index (χ0n) is 19.4. The molecule has 0 bridgehead atoms. The Labute approximate surface area is 188 Å². The smallest absolute Gasteiger partial charge is 0.416 e. The Bertz CT molecular complexity index is 1210. The first-order valence-corrected chi connectivity index (χ1v) is 10.7. The van der Waals surface area contributed by atoms with Crippen LogP contribution in [0.3, 0.4) is 0 Å². The van der Waals surface area contributed by atoms with Crippen LogP contribution < -0.4 is 10.2 Å². The molecule has 166 valence electrons. The van der Waals surface area contributed by atoms with E-state index in [1.807, 2.05) is 89.2 Å². The summed E-state index contributed by atoms with van der Waals surface area (Å²) in [6.07, 6.45) is 1.10. The summed E-state index contributed by atoms with van der Waals surface area (Å²) in [7, 11) is 1.58. The maximum Gasteiger partial charge on any atom is 0.416 e. The van der Waals surface area contributed by atoms with Gasteiger partial charge in [-0.1, -0.05) is 56.3 Å². The van der Waals surface area contributed by atoms with Crippen LogP contribution in [0.5, 0.6) is 0 Å². The highest BCUT2D eigenvalue weighted by molar-refractivity contribution is 6.08. The molecule has 2 aromatic carbocycles. The number of anilines is 1. The van der Waals surface area contributed by atoms with Crippen LogP contribution in [0.25, 0.3) is 10.8 Å². The van der Waals surface area contributed by atoms with E-state index in [0.29, 0.717) is 11.4 Å². The third kappa shape index (κ3) is 2.97. The van der Waals surface area contributed by atoms with Crippen LogP contribution in [0.4, 0.5) is 10.5 Å². The van der Waals surface area contributed by atoms with Crippen LogP contribution in [0, 0.1) is 0 Å².